The summed E-state index contributed by atoms with van der Waals surface area (Å²) in [5.74, 6) is 0.324. The molecule has 2 aromatic carbocycles. The lowest BCUT2D eigenvalue weighted by molar-refractivity contribution is -0.134. The maximum Gasteiger partial charge on any atom is 0.228 e. The molecule has 2 amide bonds. The van der Waals surface area contributed by atoms with Gasteiger partial charge < -0.3 is 15.0 Å². The first-order valence-corrected chi connectivity index (χ1v) is 13.2. The van der Waals surface area contributed by atoms with Crippen molar-refractivity contribution in [1.29, 1.82) is 0 Å². The summed E-state index contributed by atoms with van der Waals surface area (Å²) in [6.07, 6.45) is 1.49. The first-order valence-electron chi connectivity index (χ1n) is 13.2. The van der Waals surface area contributed by atoms with Crippen LogP contribution in [0.4, 0.5) is 4.39 Å². The van der Waals surface area contributed by atoms with Crippen LogP contribution < -0.4 is 10.1 Å². The largest absolute Gasteiger partial charge is 0.492 e. The standard InChI is InChI=1S/C30H33FN4O3/c31-28-19-27(28)30(37)35-14-12-34(13-15-35)16-17-38-26-10-7-23(8-11-26)24-6-9-25(32-21-24)18-29(36)33-20-22-4-2-1-3-5-22/h1-11,21,27-28H,12-20H2,(H,33,36)/t27-,28+/m1/s1. The Morgan fingerprint density at radius 3 is 2.32 bits per heavy atom. The van der Waals surface area contributed by atoms with E-state index in [2.05, 4.69) is 15.2 Å². The molecule has 3 aromatic rings. The van der Waals surface area contributed by atoms with Crippen LogP contribution in [0.5, 0.6) is 5.75 Å². The summed E-state index contributed by atoms with van der Waals surface area (Å²) in [4.78, 5) is 32.9. The van der Waals surface area contributed by atoms with E-state index in [0.29, 0.717) is 32.7 Å². The highest BCUT2D eigenvalue weighted by atomic mass is 19.1. The molecule has 1 aliphatic heterocycles. The first-order chi connectivity index (χ1) is 18.5. The number of rotatable bonds is 10. The van der Waals surface area contributed by atoms with Crippen LogP contribution in [-0.2, 0) is 22.6 Å². The van der Waals surface area contributed by atoms with Gasteiger partial charge in [0.15, 0.2) is 0 Å². The van der Waals surface area contributed by atoms with Crippen LogP contribution in [0.1, 0.15) is 17.7 Å². The van der Waals surface area contributed by atoms with Crippen molar-refractivity contribution >= 4 is 11.8 Å². The molecule has 2 aliphatic rings. The van der Waals surface area contributed by atoms with Gasteiger partial charge in [-0.15, -0.1) is 0 Å². The lowest BCUT2D eigenvalue weighted by atomic mass is 10.1. The molecule has 1 aromatic heterocycles. The van der Waals surface area contributed by atoms with Crippen LogP contribution >= 0.6 is 0 Å². The Labute approximate surface area is 222 Å². The molecule has 8 heteroatoms. The molecule has 7 nitrogen and oxygen atoms in total. The second-order valence-corrected chi connectivity index (χ2v) is 9.88. The van der Waals surface area contributed by atoms with Crippen LogP contribution in [0.2, 0.25) is 0 Å². The number of hydrogen-bond donors (Lipinski definition) is 1. The molecule has 1 aliphatic carbocycles. The van der Waals surface area contributed by atoms with Crippen molar-refractivity contribution in [3.8, 4) is 16.9 Å². The van der Waals surface area contributed by atoms with Crippen molar-refractivity contribution in [3.63, 3.8) is 0 Å². The summed E-state index contributed by atoms with van der Waals surface area (Å²) in [6, 6.07) is 21.6. The van der Waals surface area contributed by atoms with E-state index in [1.165, 1.54) is 0 Å². The summed E-state index contributed by atoms with van der Waals surface area (Å²) < 4.78 is 19.1. The molecule has 1 saturated carbocycles. The number of aromatic nitrogens is 1. The molecule has 0 spiro atoms. The fourth-order valence-corrected chi connectivity index (χ4v) is 4.61. The van der Waals surface area contributed by atoms with Crippen molar-refractivity contribution < 1.29 is 18.7 Å². The molecule has 198 valence electrons. The number of alkyl halides is 1. The number of hydrogen-bond acceptors (Lipinski definition) is 5. The number of nitrogens with zero attached hydrogens (tertiary/aromatic N) is 3. The van der Waals surface area contributed by atoms with Gasteiger partial charge in [0, 0.05) is 56.7 Å². The Hall–Kier alpha value is -3.78. The lowest BCUT2D eigenvalue weighted by Crippen LogP contribution is -2.50. The highest BCUT2D eigenvalue weighted by Gasteiger charge is 2.45. The quantitative estimate of drug-likeness (QED) is 0.447. The molecular formula is C30H33FN4O3. The molecule has 2 fully saturated rings. The number of carbonyl (C=O) groups is 2. The summed E-state index contributed by atoms with van der Waals surface area (Å²) in [5, 5.41) is 2.93. The van der Waals surface area contributed by atoms with Crippen molar-refractivity contribution in [2.45, 2.75) is 25.6 Å². The molecule has 2 heterocycles. The maximum atomic E-state index is 13.1. The van der Waals surface area contributed by atoms with Gasteiger partial charge in [-0.05, 0) is 35.7 Å². The highest BCUT2D eigenvalue weighted by Crippen LogP contribution is 2.35. The first kappa shape index (κ1) is 25.9. The zero-order chi connectivity index (χ0) is 26.3. The van der Waals surface area contributed by atoms with E-state index in [9.17, 15) is 14.0 Å². The number of amides is 2. The van der Waals surface area contributed by atoms with Gasteiger partial charge in [0.2, 0.25) is 11.8 Å². The van der Waals surface area contributed by atoms with E-state index < -0.39 is 12.1 Å². The van der Waals surface area contributed by atoms with Gasteiger partial charge >= 0.3 is 0 Å². The topological polar surface area (TPSA) is 74.8 Å². The number of carbonyl (C=O) groups excluding carboxylic acids is 2. The van der Waals surface area contributed by atoms with Gasteiger partial charge in [-0.3, -0.25) is 19.5 Å². The van der Waals surface area contributed by atoms with E-state index in [1.807, 2.05) is 66.7 Å². The highest BCUT2D eigenvalue weighted by molar-refractivity contribution is 5.82. The van der Waals surface area contributed by atoms with Crippen LogP contribution in [0.25, 0.3) is 11.1 Å². The van der Waals surface area contributed by atoms with Gasteiger partial charge in [-0.2, -0.15) is 0 Å². The van der Waals surface area contributed by atoms with Crippen molar-refractivity contribution in [3.05, 3.63) is 84.2 Å². The molecular weight excluding hydrogens is 483 g/mol. The normalized spacial score (nSPS) is 19.1. The molecule has 1 N–H and O–H groups in total. The number of ether oxygens (including phenoxy) is 1. The Morgan fingerprint density at radius 2 is 1.66 bits per heavy atom. The van der Waals surface area contributed by atoms with E-state index >= 15 is 0 Å². The number of nitrogens with one attached hydrogen (secondary N) is 1. The molecule has 1 saturated heterocycles. The van der Waals surface area contributed by atoms with Crippen LogP contribution in [0, 0.1) is 5.92 Å². The third-order valence-corrected chi connectivity index (χ3v) is 7.08. The molecule has 0 unspecified atom stereocenters. The van der Waals surface area contributed by atoms with E-state index in [-0.39, 0.29) is 18.2 Å². The second kappa shape index (κ2) is 12.2. The fraction of sp³-hybridized carbons (Fsp3) is 0.367. The second-order valence-electron chi connectivity index (χ2n) is 9.88. The Bertz CT molecular complexity index is 1210. The van der Waals surface area contributed by atoms with E-state index in [0.717, 1.165) is 47.8 Å². The summed E-state index contributed by atoms with van der Waals surface area (Å²) in [5.41, 5.74) is 3.79. The van der Waals surface area contributed by atoms with Gasteiger partial charge in [0.1, 0.15) is 18.5 Å². The predicted molar refractivity (Wildman–Crippen MR) is 143 cm³/mol. The predicted octanol–water partition coefficient (Wildman–Crippen LogP) is 3.49. The Kier molecular flexibility index (Phi) is 8.28. The zero-order valence-electron chi connectivity index (χ0n) is 21.4. The zero-order valence-corrected chi connectivity index (χ0v) is 21.4. The summed E-state index contributed by atoms with van der Waals surface area (Å²) in [7, 11) is 0. The molecule has 38 heavy (non-hydrogen) atoms. The van der Waals surface area contributed by atoms with Crippen molar-refractivity contribution in [2.24, 2.45) is 5.92 Å². The minimum atomic E-state index is -0.931. The number of halogens is 1. The molecule has 5 rings (SSSR count). The average molecular weight is 517 g/mol. The van der Waals surface area contributed by atoms with Crippen LogP contribution in [0.15, 0.2) is 72.9 Å². The van der Waals surface area contributed by atoms with Crippen LogP contribution in [0.3, 0.4) is 0 Å². The number of pyridine rings is 1. The molecule has 0 radical (unpaired) electrons. The lowest BCUT2D eigenvalue weighted by Gasteiger charge is -2.34. The molecule has 0 bridgehead atoms. The summed E-state index contributed by atoms with van der Waals surface area (Å²) in [6.45, 7) is 4.73. The van der Waals surface area contributed by atoms with Crippen molar-refractivity contribution in [1.82, 2.24) is 20.1 Å². The number of piperazine rings is 1. The average Bonchev–Trinajstić information content (AvgIpc) is 3.70. The third-order valence-electron chi connectivity index (χ3n) is 7.08. The van der Waals surface area contributed by atoms with E-state index in [4.69, 9.17) is 4.74 Å². The van der Waals surface area contributed by atoms with Gasteiger partial charge in [-0.25, -0.2) is 4.39 Å². The van der Waals surface area contributed by atoms with Gasteiger partial charge in [-0.1, -0.05) is 48.5 Å². The minimum Gasteiger partial charge on any atom is -0.492 e. The van der Waals surface area contributed by atoms with Crippen molar-refractivity contribution in [2.75, 3.05) is 39.3 Å². The maximum absolute atomic E-state index is 13.1. The Morgan fingerprint density at radius 1 is 0.947 bits per heavy atom. The number of benzene rings is 2. The third kappa shape index (κ3) is 6.95. The van der Waals surface area contributed by atoms with E-state index in [1.54, 1.807) is 11.1 Å². The molecule has 2 atom stereocenters. The SMILES string of the molecule is O=C(Cc1ccc(-c2ccc(OCCN3CCN(C(=O)[C@@H]4C[C@@H]4F)CC3)cc2)cn1)NCc1ccccc1. The van der Waals surface area contributed by atoms with Crippen LogP contribution in [-0.4, -0.2) is 72.1 Å². The monoisotopic (exact) mass is 516 g/mol. The summed E-state index contributed by atoms with van der Waals surface area (Å²) >= 11 is 0. The van der Waals surface area contributed by atoms with Gasteiger partial charge in [0.25, 0.3) is 0 Å². The Balaban J connectivity index is 1.02. The minimum absolute atomic E-state index is 0.0253. The smallest absolute Gasteiger partial charge is 0.228 e. The fourth-order valence-electron chi connectivity index (χ4n) is 4.61. The van der Waals surface area contributed by atoms with Gasteiger partial charge in [0.05, 0.1) is 12.3 Å².